The van der Waals surface area contributed by atoms with Gasteiger partial charge in [-0.25, -0.2) is 29.9 Å². The summed E-state index contributed by atoms with van der Waals surface area (Å²) in [5, 5.41) is 13.3. The van der Waals surface area contributed by atoms with Gasteiger partial charge in [0.05, 0.1) is 55.3 Å². The molecule has 0 unspecified atom stereocenters. The van der Waals surface area contributed by atoms with Gasteiger partial charge in [-0.15, -0.1) is 11.3 Å². The molecule has 0 fully saturated rings. The van der Waals surface area contributed by atoms with Gasteiger partial charge in [0.1, 0.15) is 0 Å². The van der Waals surface area contributed by atoms with Crippen molar-refractivity contribution in [1.29, 1.82) is 0 Å². The van der Waals surface area contributed by atoms with E-state index in [9.17, 15) is 0 Å². The maximum absolute atomic E-state index is 5.23. The van der Waals surface area contributed by atoms with Crippen LogP contribution in [0.15, 0.2) is 497 Å². The Morgan fingerprint density at radius 2 is 0.440 bits per heavy atom. The van der Waals surface area contributed by atoms with Gasteiger partial charge in [-0.1, -0.05) is 382 Å². The molecular weight excluding hydrogens is 1740 g/mol. The molecule has 0 saturated carbocycles. The fraction of sp³-hybridized carbons (Fsp3) is 0. The molecule has 0 amide bonds. The number of rotatable bonds is 14. The molecule has 660 valence electrons. The predicted octanol–water partition coefficient (Wildman–Crippen LogP) is 32.8. The number of benzene rings is 20. The molecule has 0 aliphatic carbocycles. The minimum Gasteiger partial charge on any atom is -0.309 e. The molecule has 8 heterocycles. The van der Waals surface area contributed by atoms with Gasteiger partial charge in [0.15, 0.2) is 29.1 Å². The quantitative estimate of drug-likeness (QED) is 0.105. The van der Waals surface area contributed by atoms with Crippen LogP contribution in [-0.4, -0.2) is 58.1 Å². The number of fused-ring (bicyclic) bond motifs is 16. The number of hydrogen-bond donors (Lipinski definition) is 0. The Balaban J connectivity index is 0.000000109. The summed E-state index contributed by atoms with van der Waals surface area (Å²) in [6, 6.07) is 174. The first-order valence-electron chi connectivity index (χ1n) is 47.3. The average Bonchev–Trinajstić information content (AvgIpc) is 1.57. The first-order valence-corrected chi connectivity index (χ1v) is 48.2. The van der Waals surface area contributed by atoms with E-state index in [2.05, 4.69) is 431 Å². The molecule has 20 aromatic carbocycles. The highest BCUT2D eigenvalue weighted by Gasteiger charge is 2.25. The van der Waals surface area contributed by atoms with E-state index in [-0.39, 0.29) is 0 Å². The fourth-order valence-electron chi connectivity index (χ4n) is 20.2. The molecule has 0 radical (unpaired) electrons. The smallest absolute Gasteiger partial charge is 0.238 e. The van der Waals surface area contributed by atoms with Gasteiger partial charge < -0.3 is 9.13 Å². The Labute approximate surface area is 815 Å². The van der Waals surface area contributed by atoms with Crippen molar-refractivity contribution in [3.05, 3.63) is 497 Å². The third-order valence-electron chi connectivity index (χ3n) is 26.9. The molecule has 0 saturated heterocycles. The van der Waals surface area contributed by atoms with Gasteiger partial charge in [-0.05, 0) is 160 Å². The van der Waals surface area contributed by atoms with Gasteiger partial charge in [-0.3, -0.25) is 9.13 Å². The van der Waals surface area contributed by atoms with Crippen LogP contribution in [0.4, 0.5) is 0 Å². The normalized spacial score (nSPS) is 11.5. The fourth-order valence-corrected chi connectivity index (χ4v) is 21.4. The van der Waals surface area contributed by atoms with E-state index in [1.54, 1.807) is 0 Å². The number of para-hydroxylation sites is 7. The molecule has 0 aliphatic rings. The van der Waals surface area contributed by atoms with E-state index in [0.717, 1.165) is 94.5 Å². The highest BCUT2D eigenvalue weighted by molar-refractivity contribution is 7.26. The van der Waals surface area contributed by atoms with Crippen molar-refractivity contribution in [1.82, 2.24) is 58.1 Å². The molecule has 12 nitrogen and oxygen atoms in total. The lowest BCUT2D eigenvalue weighted by atomic mass is 10.0. The SMILES string of the molecule is c1ccc(-c2ccc(-c3nc(-c4ccc(-c5ccccc5)cc4)nc(-n4c5ccccc5c5ccccc54)n3)cc2)cc1.c1ccc(-c2nc(-c3ccccc3)nc(-c3ccc(-n4c5ccccc5c5cc(-c6cccc7c6sc6ccccc67)ccc54)cc3)n2)cc1.c1ccc(-c2nc(-n3c4ccccc4c4cc(-c5ccc6c(c5)c5ccccc5n6-c5ccccc5)ccc43)nc3ccccc23)cc1. The Hall–Kier alpha value is -18.8. The van der Waals surface area contributed by atoms with E-state index in [0.29, 0.717) is 41.0 Å². The van der Waals surface area contributed by atoms with Gasteiger partial charge in [-0.2, -0.15) is 9.97 Å². The van der Waals surface area contributed by atoms with Crippen LogP contribution >= 0.6 is 11.3 Å². The summed E-state index contributed by atoms with van der Waals surface area (Å²) in [7, 11) is 0. The van der Waals surface area contributed by atoms with Crippen LogP contribution in [-0.2, 0) is 0 Å². The minimum absolute atomic E-state index is 0.594. The lowest BCUT2D eigenvalue weighted by molar-refractivity contribution is 0.953. The summed E-state index contributed by atoms with van der Waals surface area (Å²) < 4.78 is 11.7. The predicted molar refractivity (Wildman–Crippen MR) is 584 cm³/mol. The average molecular weight is 1820 g/mol. The third-order valence-corrected chi connectivity index (χ3v) is 28.1. The van der Waals surface area contributed by atoms with Crippen molar-refractivity contribution < 1.29 is 0 Å². The monoisotopic (exact) mass is 1820 g/mol. The van der Waals surface area contributed by atoms with Crippen LogP contribution in [0.1, 0.15) is 0 Å². The van der Waals surface area contributed by atoms with Crippen molar-refractivity contribution in [3.8, 4) is 136 Å². The second-order valence-corrected chi connectivity index (χ2v) is 36.3. The van der Waals surface area contributed by atoms with E-state index in [1.807, 2.05) is 96.3 Å². The number of hydrogen-bond acceptors (Lipinski definition) is 9. The van der Waals surface area contributed by atoms with Crippen molar-refractivity contribution >= 4 is 130 Å². The maximum Gasteiger partial charge on any atom is 0.238 e. The number of aromatic nitrogens is 12. The van der Waals surface area contributed by atoms with Crippen LogP contribution < -0.4 is 0 Å². The van der Waals surface area contributed by atoms with Gasteiger partial charge in [0.2, 0.25) is 11.9 Å². The van der Waals surface area contributed by atoms with Gasteiger partial charge >= 0.3 is 0 Å². The molecule has 0 atom stereocenters. The summed E-state index contributed by atoms with van der Waals surface area (Å²) >= 11 is 1.87. The van der Waals surface area contributed by atoms with Crippen molar-refractivity contribution in [3.63, 3.8) is 0 Å². The van der Waals surface area contributed by atoms with Crippen molar-refractivity contribution in [2.45, 2.75) is 0 Å². The molecule has 0 bridgehead atoms. The molecule has 0 aliphatic heterocycles. The van der Waals surface area contributed by atoms with Crippen LogP contribution in [0.25, 0.3) is 254 Å². The van der Waals surface area contributed by atoms with Crippen LogP contribution in [0, 0.1) is 0 Å². The lowest BCUT2D eigenvalue weighted by Crippen LogP contribution is -2.06. The molecule has 0 N–H and O–H groups in total. The summed E-state index contributed by atoms with van der Waals surface area (Å²) in [5.74, 6) is 4.48. The second kappa shape index (κ2) is 35.5. The first-order chi connectivity index (χ1) is 69.9. The first kappa shape index (κ1) is 82.8. The second-order valence-electron chi connectivity index (χ2n) is 35.2. The maximum atomic E-state index is 5.23. The van der Waals surface area contributed by atoms with E-state index in [4.69, 9.17) is 39.9 Å². The van der Waals surface area contributed by atoms with E-state index in [1.165, 1.54) is 119 Å². The summed E-state index contributed by atoms with van der Waals surface area (Å²) in [4.78, 5) is 40.3. The Morgan fingerprint density at radius 1 is 0.156 bits per heavy atom. The zero-order valence-electron chi connectivity index (χ0n) is 76.1. The zero-order chi connectivity index (χ0) is 93.2. The molecule has 141 heavy (non-hydrogen) atoms. The molecule has 28 aromatic rings. The van der Waals surface area contributed by atoms with Crippen LogP contribution in [0.3, 0.4) is 0 Å². The standard InChI is InChI=1S/C45H28N4S.C44H28N4.C39H26N4/c1-3-12-29(13-4-1)43-46-44(30-14-5-2-6-15-30)48-45(47-43)31-22-25-33(26-23-31)49-39-20-9-7-16-35(39)38-28-32(24-27-40(38)49)34-18-11-19-37-36-17-8-10-21-41(36)50-42(34)37;1-3-13-29(14-4-1)43-35-19-7-10-20-38(35)45-44(46-43)48-40-22-12-9-18-34(40)37-28-31(24-26-42(37)48)30-23-25-41-36(27-30)33-17-8-11-21-39(33)47(41)32-15-5-2-6-16-32;1-3-11-27(12-4-1)29-19-23-31(24-20-29)37-40-38(32-25-21-30(22-26-32)28-13-5-2-6-14-28)42-39(41-37)43-35-17-9-7-15-33(35)34-16-8-10-18-36(34)43/h1-28H;1-28H;1-26H. The molecule has 8 aromatic heterocycles. The topological polar surface area (TPSA) is 123 Å². The third kappa shape index (κ3) is 15.1. The largest absolute Gasteiger partial charge is 0.309 e. The van der Waals surface area contributed by atoms with Crippen molar-refractivity contribution in [2.75, 3.05) is 0 Å². The number of nitrogens with zero attached hydrogens (tertiary/aromatic N) is 12. The van der Waals surface area contributed by atoms with Gasteiger partial charge in [0, 0.05) is 113 Å². The van der Waals surface area contributed by atoms with Gasteiger partial charge in [0.25, 0.3) is 0 Å². The molecule has 13 heteroatoms. The Kier molecular flexibility index (Phi) is 20.8. The molecular formula is C128H82N12S. The summed E-state index contributed by atoms with van der Waals surface area (Å²) in [6.45, 7) is 0. The van der Waals surface area contributed by atoms with Crippen molar-refractivity contribution in [2.24, 2.45) is 0 Å². The zero-order valence-corrected chi connectivity index (χ0v) is 76.9. The van der Waals surface area contributed by atoms with E-state index < -0.39 is 0 Å². The van der Waals surface area contributed by atoms with Crippen LogP contribution in [0.2, 0.25) is 0 Å². The van der Waals surface area contributed by atoms with E-state index >= 15 is 0 Å². The summed E-state index contributed by atoms with van der Waals surface area (Å²) in [6.07, 6.45) is 0. The molecule has 0 spiro atoms. The summed E-state index contributed by atoms with van der Waals surface area (Å²) in [5.41, 5.74) is 28.4. The Bertz CT molecular complexity index is 9430. The van der Waals surface area contributed by atoms with Crippen LogP contribution in [0.5, 0.6) is 0 Å². The molecule has 28 rings (SSSR count). The highest BCUT2D eigenvalue weighted by Crippen LogP contribution is 2.46. The Morgan fingerprint density at radius 3 is 0.894 bits per heavy atom. The number of thiophene rings is 1. The lowest BCUT2D eigenvalue weighted by Gasteiger charge is -2.12. The minimum atomic E-state index is 0.594. The highest BCUT2D eigenvalue weighted by atomic mass is 32.1.